The molecule has 0 atom stereocenters. The van der Waals surface area contributed by atoms with E-state index in [-0.39, 0.29) is 5.97 Å². The second kappa shape index (κ2) is 7.33. The Labute approximate surface area is 124 Å². The quantitative estimate of drug-likeness (QED) is 0.763. The summed E-state index contributed by atoms with van der Waals surface area (Å²) in [7, 11) is 1.37. The summed E-state index contributed by atoms with van der Waals surface area (Å²) >= 11 is 0. The fourth-order valence-corrected chi connectivity index (χ4v) is 1.92. The van der Waals surface area contributed by atoms with Crippen LogP contribution in [-0.2, 0) is 11.3 Å². The van der Waals surface area contributed by atoms with Gasteiger partial charge in [-0.1, -0.05) is 18.2 Å². The van der Waals surface area contributed by atoms with Gasteiger partial charge in [-0.15, -0.1) is 0 Å². The third kappa shape index (κ3) is 3.99. The van der Waals surface area contributed by atoms with Crippen molar-refractivity contribution in [2.45, 2.75) is 13.5 Å². The Morgan fingerprint density at radius 1 is 0.952 bits per heavy atom. The van der Waals surface area contributed by atoms with Crippen molar-refractivity contribution in [3.8, 4) is 11.5 Å². The summed E-state index contributed by atoms with van der Waals surface area (Å²) in [6, 6.07) is 14.6. The molecular weight excluding hydrogens is 268 g/mol. The number of ether oxygens (including phenoxy) is 3. The highest BCUT2D eigenvalue weighted by atomic mass is 16.5. The maximum Gasteiger partial charge on any atom is 0.338 e. The first kappa shape index (κ1) is 14.9. The average Bonchev–Trinajstić information content (AvgIpc) is 2.54. The minimum atomic E-state index is -0.360. The molecule has 110 valence electrons. The molecule has 0 aliphatic rings. The molecule has 0 radical (unpaired) electrons. The van der Waals surface area contributed by atoms with Gasteiger partial charge in [0.2, 0.25) is 0 Å². The number of carbonyl (C=O) groups excluding carboxylic acids is 1. The summed E-state index contributed by atoms with van der Waals surface area (Å²) < 4.78 is 15.8. The zero-order valence-corrected chi connectivity index (χ0v) is 12.2. The standard InChI is InChI=1S/C17H18O4/c1-3-20-14-8-10-15(11-9-14)21-12-13-6-4-5-7-16(13)17(18)19-2/h4-11H,3,12H2,1-2H3. The molecule has 0 heterocycles. The smallest absolute Gasteiger partial charge is 0.338 e. The predicted molar refractivity (Wildman–Crippen MR) is 79.7 cm³/mol. The maximum atomic E-state index is 11.7. The fraction of sp³-hybridized carbons (Fsp3) is 0.235. The Morgan fingerprint density at radius 3 is 2.19 bits per heavy atom. The van der Waals surface area contributed by atoms with Gasteiger partial charge >= 0.3 is 5.97 Å². The van der Waals surface area contributed by atoms with E-state index in [0.29, 0.717) is 18.8 Å². The van der Waals surface area contributed by atoms with Gasteiger partial charge in [-0.05, 0) is 37.3 Å². The third-order valence-corrected chi connectivity index (χ3v) is 2.95. The molecule has 2 rings (SSSR count). The van der Waals surface area contributed by atoms with Crippen LogP contribution >= 0.6 is 0 Å². The number of hydrogen-bond donors (Lipinski definition) is 0. The summed E-state index contributed by atoms with van der Waals surface area (Å²) in [4.78, 5) is 11.7. The molecular formula is C17H18O4. The van der Waals surface area contributed by atoms with Gasteiger partial charge in [0.25, 0.3) is 0 Å². The third-order valence-electron chi connectivity index (χ3n) is 2.95. The van der Waals surface area contributed by atoms with E-state index in [1.54, 1.807) is 12.1 Å². The molecule has 0 aromatic heterocycles. The molecule has 0 N–H and O–H groups in total. The largest absolute Gasteiger partial charge is 0.494 e. The Morgan fingerprint density at radius 2 is 1.57 bits per heavy atom. The van der Waals surface area contributed by atoms with Crippen LogP contribution in [0.3, 0.4) is 0 Å². The Hall–Kier alpha value is -2.49. The van der Waals surface area contributed by atoms with Crippen LogP contribution in [0.5, 0.6) is 11.5 Å². The lowest BCUT2D eigenvalue weighted by Crippen LogP contribution is -2.07. The normalized spacial score (nSPS) is 10.0. The Bertz CT molecular complexity index is 590. The monoisotopic (exact) mass is 286 g/mol. The number of rotatable bonds is 6. The highest BCUT2D eigenvalue weighted by molar-refractivity contribution is 5.90. The van der Waals surface area contributed by atoms with Gasteiger partial charge in [0.15, 0.2) is 0 Å². The number of carbonyl (C=O) groups is 1. The van der Waals surface area contributed by atoms with Crippen molar-refractivity contribution in [2.75, 3.05) is 13.7 Å². The number of benzene rings is 2. The molecule has 0 bridgehead atoms. The molecule has 4 heteroatoms. The van der Waals surface area contributed by atoms with Crippen molar-refractivity contribution in [1.29, 1.82) is 0 Å². The number of methoxy groups -OCH3 is 1. The van der Waals surface area contributed by atoms with Crippen molar-refractivity contribution in [3.05, 3.63) is 59.7 Å². The van der Waals surface area contributed by atoms with Crippen LogP contribution in [0, 0.1) is 0 Å². The van der Waals surface area contributed by atoms with Gasteiger partial charge in [-0.25, -0.2) is 4.79 Å². The zero-order valence-electron chi connectivity index (χ0n) is 12.2. The summed E-state index contributed by atoms with van der Waals surface area (Å²) in [6.45, 7) is 2.88. The summed E-state index contributed by atoms with van der Waals surface area (Å²) in [5, 5.41) is 0. The molecule has 4 nitrogen and oxygen atoms in total. The van der Waals surface area contributed by atoms with Crippen molar-refractivity contribution in [2.24, 2.45) is 0 Å². The first-order valence-electron chi connectivity index (χ1n) is 6.76. The molecule has 2 aromatic carbocycles. The van der Waals surface area contributed by atoms with E-state index >= 15 is 0 Å². The molecule has 0 fully saturated rings. The van der Waals surface area contributed by atoms with Crippen molar-refractivity contribution >= 4 is 5.97 Å². The molecule has 0 saturated carbocycles. The van der Waals surface area contributed by atoms with Gasteiger partial charge in [-0.3, -0.25) is 0 Å². The Kier molecular flexibility index (Phi) is 5.21. The van der Waals surface area contributed by atoms with Crippen molar-refractivity contribution in [3.63, 3.8) is 0 Å². The van der Waals surface area contributed by atoms with Crippen molar-refractivity contribution < 1.29 is 19.0 Å². The van der Waals surface area contributed by atoms with E-state index in [9.17, 15) is 4.79 Å². The first-order chi connectivity index (χ1) is 10.2. The lowest BCUT2D eigenvalue weighted by atomic mass is 10.1. The molecule has 21 heavy (non-hydrogen) atoms. The molecule has 0 aliphatic carbocycles. The van der Waals surface area contributed by atoms with Crippen LogP contribution in [0.1, 0.15) is 22.8 Å². The first-order valence-corrected chi connectivity index (χ1v) is 6.76. The molecule has 2 aromatic rings. The molecule has 0 aliphatic heterocycles. The Balaban J connectivity index is 2.04. The van der Waals surface area contributed by atoms with Gasteiger partial charge in [0, 0.05) is 5.56 Å². The summed E-state index contributed by atoms with van der Waals surface area (Å²) in [6.07, 6.45) is 0. The minimum Gasteiger partial charge on any atom is -0.494 e. The van der Waals surface area contributed by atoms with Crippen LogP contribution in [0.2, 0.25) is 0 Å². The van der Waals surface area contributed by atoms with Crippen LogP contribution in [0.4, 0.5) is 0 Å². The average molecular weight is 286 g/mol. The van der Waals surface area contributed by atoms with E-state index in [2.05, 4.69) is 0 Å². The lowest BCUT2D eigenvalue weighted by Gasteiger charge is -2.10. The van der Waals surface area contributed by atoms with Gasteiger partial charge in [0.1, 0.15) is 18.1 Å². The summed E-state index contributed by atoms with van der Waals surface area (Å²) in [5.41, 5.74) is 1.31. The fourth-order valence-electron chi connectivity index (χ4n) is 1.92. The SMILES string of the molecule is CCOc1ccc(OCc2ccccc2C(=O)OC)cc1. The van der Waals surface area contributed by atoms with Crippen LogP contribution in [0.25, 0.3) is 0 Å². The lowest BCUT2D eigenvalue weighted by molar-refractivity contribution is 0.0597. The second-order valence-corrected chi connectivity index (χ2v) is 4.34. The van der Waals surface area contributed by atoms with E-state index < -0.39 is 0 Å². The minimum absolute atomic E-state index is 0.305. The van der Waals surface area contributed by atoms with Crippen LogP contribution < -0.4 is 9.47 Å². The van der Waals surface area contributed by atoms with E-state index in [1.807, 2.05) is 43.3 Å². The second-order valence-electron chi connectivity index (χ2n) is 4.34. The topological polar surface area (TPSA) is 44.8 Å². The predicted octanol–water partition coefficient (Wildman–Crippen LogP) is 3.45. The van der Waals surface area contributed by atoms with E-state index in [0.717, 1.165) is 17.1 Å². The number of esters is 1. The highest BCUT2D eigenvalue weighted by Gasteiger charge is 2.11. The molecule has 0 amide bonds. The highest BCUT2D eigenvalue weighted by Crippen LogP contribution is 2.19. The van der Waals surface area contributed by atoms with Crippen LogP contribution in [0.15, 0.2) is 48.5 Å². The summed E-state index contributed by atoms with van der Waals surface area (Å²) in [5.74, 6) is 1.17. The van der Waals surface area contributed by atoms with Gasteiger partial charge in [0.05, 0.1) is 19.3 Å². The zero-order chi connectivity index (χ0) is 15.1. The van der Waals surface area contributed by atoms with Gasteiger partial charge < -0.3 is 14.2 Å². The number of hydrogen-bond acceptors (Lipinski definition) is 4. The molecule has 0 spiro atoms. The molecule has 0 unspecified atom stereocenters. The van der Waals surface area contributed by atoms with E-state index in [4.69, 9.17) is 14.2 Å². The maximum absolute atomic E-state index is 11.7. The van der Waals surface area contributed by atoms with E-state index in [1.165, 1.54) is 7.11 Å². The van der Waals surface area contributed by atoms with Crippen molar-refractivity contribution in [1.82, 2.24) is 0 Å². The molecule has 0 saturated heterocycles. The van der Waals surface area contributed by atoms with Gasteiger partial charge in [-0.2, -0.15) is 0 Å². The van der Waals surface area contributed by atoms with Crippen LogP contribution in [-0.4, -0.2) is 19.7 Å².